The van der Waals surface area contributed by atoms with Crippen molar-refractivity contribution in [3.05, 3.63) is 101 Å². The molecule has 31 heavy (non-hydrogen) atoms. The Bertz CT molecular complexity index is 1210. The zero-order valence-electron chi connectivity index (χ0n) is 17.7. The van der Waals surface area contributed by atoms with Gasteiger partial charge in [0.25, 0.3) is 5.91 Å². The number of benzene rings is 3. The average molecular weight is 412 g/mol. The Balaban J connectivity index is 1.47. The van der Waals surface area contributed by atoms with Crippen molar-refractivity contribution >= 4 is 23.0 Å². The highest BCUT2D eigenvalue weighted by Crippen LogP contribution is 2.25. The van der Waals surface area contributed by atoms with Crippen molar-refractivity contribution in [2.75, 3.05) is 6.61 Å². The van der Waals surface area contributed by atoms with E-state index in [4.69, 9.17) is 4.74 Å². The van der Waals surface area contributed by atoms with Crippen LogP contribution < -0.4 is 10.2 Å². The highest BCUT2D eigenvalue weighted by molar-refractivity contribution is 6.01. The largest absolute Gasteiger partial charge is 0.484 e. The molecule has 0 aliphatic heterocycles. The van der Waals surface area contributed by atoms with Crippen molar-refractivity contribution in [2.45, 2.75) is 20.4 Å². The summed E-state index contributed by atoms with van der Waals surface area (Å²) in [6.45, 7) is 4.77. The second kappa shape index (κ2) is 9.30. The first kappa shape index (κ1) is 20.4. The van der Waals surface area contributed by atoms with E-state index in [1.807, 2.05) is 61.5 Å². The molecule has 0 radical (unpaired) electrons. The van der Waals surface area contributed by atoms with Gasteiger partial charge in [0.2, 0.25) is 0 Å². The lowest BCUT2D eigenvalue weighted by Crippen LogP contribution is -2.24. The monoisotopic (exact) mass is 411 g/mol. The number of carbonyl (C=O) groups is 1. The SMILES string of the molecule is Cc1ccc(OCC(=O)N/N=C/c2c(C)n(Cc3ccccc3)c3ccccc23)cc1. The number of aryl methyl sites for hydroxylation is 1. The molecule has 4 rings (SSSR count). The maximum Gasteiger partial charge on any atom is 0.277 e. The number of rotatable bonds is 7. The van der Waals surface area contributed by atoms with Gasteiger partial charge in [0.15, 0.2) is 6.61 Å². The molecule has 156 valence electrons. The summed E-state index contributed by atoms with van der Waals surface area (Å²) in [5, 5.41) is 5.28. The fraction of sp³-hybridized carbons (Fsp3) is 0.154. The number of amides is 1. The fourth-order valence-corrected chi connectivity index (χ4v) is 3.57. The van der Waals surface area contributed by atoms with E-state index in [0.717, 1.165) is 34.3 Å². The minimum absolute atomic E-state index is 0.0881. The summed E-state index contributed by atoms with van der Waals surface area (Å²) in [6, 6.07) is 26.2. The average Bonchev–Trinajstić information content (AvgIpc) is 3.05. The van der Waals surface area contributed by atoms with Gasteiger partial charge in [-0.15, -0.1) is 0 Å². The molecule has 0 spiro atoms. The van der Waals surface area contributed by atoms with Gasteiger partial charge < -0.3 is 9.30 Å². The molecule has 1 heterocycles. The van der Waals surface area contributed by atoms with Crippen molar-refractivity contribution in [3.8, 4) is 5.75 Å². The molecule has 5 heteroatoms. The first-order valence-electron chi connectivity index (χ1n) is 10.2. The smallest absolute Gasteiger partial charge is 0.277 e. The minimum atomic E-state index is -0.303. The summed E-state index contributed by atoms with van der Waals surface area (Å²) in [6.07, 6.45) is 1.71. The number of ether oxygens (including phenoxy) is 1. The van der Waals surface area contributed by atoms with Crippen LogP contribution in [0.2, 0.25) is 0 Å². The lowest BCUT2D eigenvalue weighted by Gasteiger charge is -2.08. The Morgan fingerprint density at radius 2 is 1.68 bits per heavy atom. The van der Waals surface area contributed by atoms with Gasteiger partial charge in [0, 0.05) is 28.7 Å². The Kier molecular flexibility index (Phi) is 6.13. The summed E-state index contributed by atoms with van der Waals surface area (Å²) >= 11 is 0. The predicted octanol–water partition coefficient (Wildman–Crippen LogP) is 4.84. The number of fused-ring (bicyclic) bond motifs is 1. The van der Waals surface area contributed by atoms with Crippen LogP contribution in [0.5, 0.6) is 5.75 Å². The molecule has 0 saturated heterocycles. The molecule has 4 aromatic rings. The zero-order chi connectivity index (χ0) is 21.6. The predicted molar refractivity (Wildman–Crippen MR) is 125 cm³/mol. The van der Waals surface area contributed by atoms with E-state index in [9.17, 15) is 4.79 Å². The normalized spacial score (nSPS) is 11.2. The molecule has 0 aliphatic carbocycles. The molecule has 0 saturated carbocycles. The van der Waals surface area contributed by atoms with Crippen LogP contribution >= 0.6 is 0 Å². The number of aromatic nitrogens is 1. The topological polar surface area (TPSA) is 55.6 Å². The van der Waals surface area contributed by atoms with Crippen LogP contribution in [0.25, 0.3) is 10.9 Å². The molecule has 1 amide bonds. The van der Waals surface area contributed by atoms with Gasteiger partial charge in [-0.2, -0.15) is 5.10 Å². The minimum Gasteiger partial charge on any atom is -0.484 e. The molecule has 0 bridgehead atoms. The van der Waals surface area contributed by atoms with E-state index in [1.165, 1.54) is 5.56 Å². The third-order valence-corrected chi connectivity index (χ3v) is 5.24. The number of hydrazone groups is 1. The Morgan fingerprint density at radius 3 is 2.45 bits per heavy atom. The maximum absolute atomic E-state index is 12.1. The van der Waals surface area contributed by atoms with E-state index in [2.05, 4.69) is 46.3 Å². The van der Waals surface area contributed by atoms with Crippen LogP contribution in [-0.2, 0) is 11.3 Å². The first-order valence-corrected chi connectivity index (χ1v) is 10.2. The van der Waals surface area contributed by atoms with Crippen LogP contribution in [0.1, 0.15) is 22.4 Å². The molecule has 3 aromatic carbocycles. The van der Waals surface area contributed by atoms with Crippen molar-refractivity contribution in [2.24, 2.45) is 5.10 Å². The molecule has 0 atom stereocenters. The summed E-state index contributed by atoms with van der Waals surface area (Å²) < 4.78 is 7.77. The second-order valence-electron chi connectivity index (χ2n) is 7.48. The number of nitrogens with zero attached hydrogens (tertiary/aromatic N) is 2. The third-order valence-electron chi connectivity index (χ3n) is 5.24. The van der Waals surface area contributed by atoms with E-state index >= 15 is 0 Å². The summed E-state index contributed by atoms with van der Waals surface area (Å²) in [5.41, 5.74) is 8.16. The fourth-order valence-electron chi connectivity index (χ4n) is 3.57. The van der Waals surface area contributed by atoms with Gasteiger partial charge in [0.05, 0.1) is 6.21 Å². The second-order valence-corrected chi connectivity index (χ2v) is 7.48. The molecule has 0 fully saturated rings. The van der Waals surface area contributed by atoms with Crippen LogP contribution in [0, 0.1) is 13.8 Å². The van der Waals surface area contributed by atoms with Gasteiger partial charge in [-0.25, -0.2) is 5.43 Å². The molecule has 5 nitrogen and oxygen atoms in total. The van der Waals surface area contributed by atoms with Crippen molar-refractivity contribution in [1.29, 1.82) is 0 Å². The van der Waals surface area contributed by atoms with Crippen molar-refractivity contribution in [3.63, 3.8) is 0 Å². The van der Waals surface area contributed by atoms with Gasteiger partial charge in [0.1, 0.15) is 5.75 Å². The van der Waals surface area contributed by atoms with Crippen molar-refractivity contribution in [1.82, 2.24) is 9.99 Å². The van der Waals surface area contributed by atoms with Crippen LogP contribution in [0.15, 0.2) is 84.0 Å². The van der Waals surface area contributed by atoms with Crippen LogP contribution in [0.3, 0.4) is 0 Å². The number of nitrogens with one attached hydrogen (secondary N) is 1. The molecule has 1 N–H and O–H groups in total. The molecular formula is C26H25N3O2. The van der Waals surface area contributed by atoms with E-state index in [0.29, 0.717) is 5.75 Å². The van der Waals surface area contributed by atoms with E-state index in [1.54, 1.807) is 6.21 Å². The molecule has 1 aromatic heterocycles. The summed E-state index contributed by atoms with van der Waals surface area (Å²) in [7, 11) is 0. The first-order chi connectivity index (χ1) is 15.1. The van der Waals surface area contributed by atoms with Gasteiger partial charge in [-0.1, -0.05) is 66.2 Å². The van der Waals surface area contributed by atoms with Gasteiger partial charge >= 0.3 is 0 Å². The van der Waals surface area contributed by atoms with E-state index in [-0.39, 0.29) is 12.5 Å². The number of hydrogen-bond acceptors (Lipinski definition) is 3. The van der Waals surface area contributed by atoms with Crippen LogP contribution in [0.4, 0.5) is 0 Å². The molecule has 0 unspecified atom stereocenters. The molecule has 0 aliphatic rings. The van der Waals surface area contributed by atoms with Gasteiger partial charge in [-0.3, -0.25) is 4.79 Å². The van der Waals surface area contributed by atoms with Crippen molar-refractivity contribution < 1.29 is 9.53 Å². The van der Waals surface area contributed by atoms with Gasteiger partial charge in [-0.05, 0) is 37.6 Å². The Hall–Kier alpha value is -3.86. The third kappa shape index (κ3) is 4.83. The lowest BCUT2D eigenvalue weighted by molar-refractivity contribution is -0.123. The highest BCUT2D eigenvalue weighted by Gasteiger charge is 2.12. The maximum atomic E-state index is 12.1. The highest BCUT2D eigenvalue weighted by atomic mass is 16.5. The number of para-hydroxylation sites is 1. The summed E-state index contributed by atoms with van der Waals surface area (Å²) in [4.78, 5) is 12.1. The summed E-state index contributed by atoms with van der Waals surface area (Å²) in [5.74, 6) is 0.354. The standard InChI is InChI=1S/C26H25N3O2/c1-19-12-14-22(15-13-19)31-18-26(30)28-27-16-24-20(2)29(17-21-8-4-3-5-9-21)25-11-7-6-10-23(24)25/h3-16H,17-18H2,1-2H3,(H,28,30)/b27-16+. The number of carbonyl (C=O) groups excluding carboxylic acids is 1. The lowest BCUT2D eigenvalue weighted by atomic mass is 10.1. The quantitative estimate of drug-likeness (QED) is 0.350. The zero-order valence-corrected chi connectivity index (χ0v) is 17.7. The number of hydrogen-bond donors (Lipinski definition) is 1. The Morgan fingerprint density at radius 1 is 0.968 bits per heavy atom. The Labute approximate surface area is 182 Å². The van der Waals surface area contributed by atoms with E-state index < -0.39 is 0 Å². The van der Waals surface area contributed by atoms with Crippen LogP contribution in [-0.4, -0.2) is 23.3 Å². The molecular weight excluding hydrogens is 386 g/mol.